The van der Waals surface area contributed by atoms with Crippen molar-refractivity contribution in [3.05, 3.63) is 85.1 Å². The van der Waals surface area contributed by atoms with Crippen LogP contribution < -0.4 is 5.32 Å². The zero-order chi connectivity index (χ0) is 44.2. The Labute approximate surface area is 380 Å². The molecular weight excluding hydrogens is 747 g/mol. The molecule has 0 aromatic heterocycles. The lowest BCUT2D eigenvalue weighted by Crippen LogP contribution is -2.45. The maximum Gasteiger partial charge on any atom is 0.220 e. The minimum atomic E-state index is -0.838. The first kappa shape index (κ1) is 58.6. The van der Waals surface area contributed by atoms with E-state index in [4.69, 9.17) is 0 Å². The molecule has 0 saturated carbocycles. The summed E-state index contributed by atoms with van der Waals surface area (Å²) < 4.78 is 0. The fourth-order valence-corrected chi connectivity index (χ4v) is 7.65. The highest BCUT2D eigenvalue weighted by molar-refractivity contribution is 5.76. The van der Waals surface area contributed by atoms with Crippen molar-refractivity contribution in [2.24, 2.45) is 0 Å². The minimum absolute atomic E-state index is 0.0655. The summed E-state index contributed by atoms with van der Waals surface area (Å²) >= 11 is 0. The van der Waals surface area contributed by atoms with Crippen LogP contribution in [0.3, 0.4) is 0 Å². The van der Waals surface area contributed by atoms with Gasteiger partial charge in [0.2, 0.25) is 5.91 Å². The molecule has 0 aliphatic heterocycles. The number of aliphatic hydroxyl groups is 2. The largest absolute Gasteiger partial charge is 0.394 e. The molecule has 61 heavy (non-hydrogen) atoms. The Morgan fingerprint density at radius 2 is 0.721 bits per heavy atom. The van der Waals surface area contributed by atoms with Gasteiger partial charge in [0.25, 0.3) is 0 Å². The fourth-order valence-electron chi connectivity index (χ4n) is 7.65. The van der Waals surface area contributed by atoms with Crippen LogP contribution in [0.4, 0.5) is 0 Å². The van der Waals surface area contributed by atoms with E-state index in [-0.39, 0.29) is 12.5 Å². The first-order valence-corrected chi connectivity index (χ1v) is 26.3. The molecule has 0 radical (unpaired) electrons. The molecule has 0 fully saturated rings. The van der Waals surface area contributed by atoms with E-state index >= 15 is 0 Å². The summed E-state index contributed by atoms with van der Waals surface area (Å²) in [6, 6.07) is -0.621. The lowest BCUT2D eigenvalue weighted by molar-refractivity contribution is -0.123. The lowest BCUT2D eigenvalue weighted by Gasteiger charge is -2.20. The van der Waals surface area contributed by atoms with E-state index in [1.165, 1.54) is 167 Å². The quantitative estimate of drug-likeness (QED) is 0.0422. The van der Waals surface area contributed by atoms with E-state index < -0.39 is 12.1 Å². The van der Waals surface area contributed by atoms with Gasteiger partial charge in [-0.3, -0.25) is 4.79 Å². The SMILES string of the molecule is CC/C=C\C/C=C\C/C=C\C/C=C\C/C=C\C/C=C\CCCCCCCCCCCCCCCCCCCCCCC(=O)NC(CO)C(O)/C=C/CCCCCCCCCC. The van der Waals surface area contributed by atoms with Crippen molar-refractivity contribution in [2.75, 3.05) is 6.61 Å². The van der Waals surface area contributed by atoms with Crippen molar-refractivity contribution >= 4 is 5.91 Å². The summed E-state index contributed by atoms with van der Waals surface area (Å²) in [5, 5.41) is 23.0. The number of unbranched alkanes of at least 4 members (excludes halogenated alkanes) is 28. The molecule has 1 amide bonds. The molecule has 2 unspecified atom stereocenters. The van der Waals surface area contributed by atoms with E-state index in [0.29, 0.717) is 6.42 Å². The number of hydrogen-bond acceptors (Lipinski definition) is 3. The molecule has 3 N–H and O–H groups in total. The molecule has 0 aromatic rings. The normalized spacial score (nSPS) is 13.6. The summed E-state index contributed by atoms with van der Waals surface area (Å²) in [5.41, 5.74) is 0. The van der Waals surface area contributed by atoms with Crippen LogP contribution in [0.2, 0.25) is 0 Å². The Bertz CT molecular complexity index is 1100. The van der Waals surface area contributed by atoms with Gasteiger partial charge in [-0.2, -0.15) is 0 Å². The van der Waals surface area contributed by atoms with E-state index in [1.807, 2.05) is 6.08 Å². The third-order valence-corrected chi connectivity index (χ3v) is 11.6. The number of hydrogen-bond donors (Lipinski definition) is 3. The predicted octanol–water partition coefficient (Wildman–Crippen LogP) is 17.2. The van der Waals surface area contributed by atoms with E-state index in [0.717, 1.165) is 64.2 Å². The molecule has 4 nitrogen and oxygen atoms in total. The maximum atomic E-state index is 12.4. The van der Waals surface area contributed by atoms with Crippen molar-refractivity contribution in [1.82, 2.24) is 5.32 Å². The molecule has 2 atom stereocenters. The van der Waals surface area contributed by atoms with Crippen LogP contribution >= 0.6 is 0 Å². The number of rotatable bonds is 47. The number of carbonyl (C=O) groups excluding carboxylic acids is 1. The zero-order valence-electron chi connectivity index (χ0n) is 40.4. The summed E-state index contributed by atoms with van der Waals surface area (Å²) in [4.78, 5) is 12.4. The van der Waals surface area contributed by atoms with Crippen LogP contribution in [0.15, 0.2) is 85.1 Å². The highest BCUT2D eigenvalue weighted by Gasteiger charge is 2.18. The average Bonchev–Trinajstić information content (AvgIpc) is 3.26. The monoisotopic (exact) mass is 848 g/mol. The fraction of sp³-hybridized carbons (Fsp3) is 0.737. The number of carbonyl (C=O) groups is 1. The second-order valence-electron chi connectivity index (χ2n) is 17.6. The molecule has 0 saturated heterocycles. The van der Waals surface area contributed by atoms with E-state index in [2.05, 4.69) is 92.1 Å². The molecule has 0 aromatic carbocycles. The summed E-state index contributed by atoms with van der Waals surface area (Å²) in [5.74, 6) is -0.0655. The first-order valence-electron chi connectivity index (χ1n) is 26.3. The Morgan fingerprint density at radius 1 is 0.410 bits per heavy atom. The lowest BCUT2D eigenvalue weighted by atomic mass is 10.0. The van der Waals surface area contributed by atoms with Gasteiger partial charge in [-0.15, -0.1) is 0 Å². The standard InChI is InChI=1S/C57H101NO3/c1-3-5-7-9-11-13-15-16-17-18-19-20-21-22-23-24-25-26-27-28-29-30-31-32-33-34-35-36-37-38-39-40-41-42-43-45-47-49-51-53-57(61)58-55(54-59)56(60)52-50-48-46-44-14-12-10-8-6-4-2/h5,7,11,13,16-17,19-20,22-23,25-26,50,52,55-56,59-60H,3-4,6,8-10,12,14-15,18,21,24,27-49,51,53-54H2,1-2H3,(H,58,61)/b7-5-,13-11-,17-16-,20-19-,23-22-,26-25-,52-50+. The van der Waals surface area contributed by atoms with Crippen LogP contribution in [-0.2, 0) is 4.79 Å². The number of amides is 1. The van der Waals surface area contributed by atoms with Crippen molar-refractivity contribution in [2.45, 2.75) is 264 Å². The second-order valence-corrected chi connectivity index (χ2v) is 17.6. The van der Waals surface area contributed by atoms with Crippen molar-refractivity contribution in [3.63, 3.8) is 0 Å². The van der Waals surface area contributed by atoms with Gasteiger partial charge in [-0.25, -0.2) is 0 Å². The third-order valence-electron chi connectivity index (χ3n) is 11.6. The van der Waals surface area contributed by atoms with Crippen LogP contribution in [0.1, 0.15) is 251 Å². The number of aliphatic hydroxyl groups excluding tert-OH is 2. The first-order chi connectivity index (χ1) is 30.2. The Balaban J connectivity index is 3.44. The van der Waals surface area contributed by atoms with Gasteiger partial charge < -0.3 is 15.5 Å². The van der Waals surface area contributed by atoms with Crippen molar-refractivity contribution in [1.29, 1.82) is 0 Å². The molecule has 0 aliphatic rings. The molecule has 0 bridgehead atoms. The average molecular weight is 848 g/mol. The van der Waals surface area contributed by atoms with Crippen LogP contribution in [0, 0.1) is 0 Å². The highest BCUT2D eigenvalue weighted by Crippen LogP contribution is 2.16. The van der Waals surface area contributed by atoms with Gasteiger partial charge >= 0.3 is 0 Å². The van der Waals surface area contributed by atoms with Gasteiger partial charge in [0.15, 0.2) is 0 Å². The van der Waals surface area contributed by atoms with Gasteiger partial charge in [0.05, 0.1) is 18.8 Å². The topological polar surface area (TPSA) is 69.6 Å². The van der Waals surface area contributed by atoms with E-state index in [1.54, 1.807) is 6.08 Å². The smallest absolute Gasteiger partial charge is 0.220 e. The molecule has 0 spiro atoms. The Kier molecular flexibility index (Phi) is 49.8. The Morgan fingerprint density at radius 3 is 1.08 bits per heavy atom. The number of allylic oxidation sites excluding steroid dienone is 13. The van der Waals surface area contributed by atoms with Crippen LogP contribution in [0.5, 0.6) is 0 Å². The van der Waals surface area contributed by atoms with Crippen molar-refractivity contribution < 1.29 is 15.0 Å². The summed E-state index contributed by atoms with van der Waals surface area (Å²) in [6.45, 7) is 4.17. The number of nitrogens with one attached hydrogen (secondary N) is 1. The third kappa shape index (κ3) is 48.5. The molecule has 352 valence electrons. The van der Waals surface area contributed by atoms with Crippen molar-refractivity contribution in [3.8, 4) is 0 Å². The molecule has 4 heteroatoms. The zero-order valence-corrected chi connectivity index (χ0v) is 40.4. The van der Waals surface area contributed by atoms with Gasteiger partial charge in [-0.1, -0.05) is 259 Å². The Hall–Kier alpha value is -2.43. The second kappa shape index (κ2) is 51.9. The van der Waals surface area contributed by atoms with Gasteiger partial charge in [0, 0.05) is 6.42 Å². The molecule has 0 heterocycles. The van der Waals surface area contributed by atoms with Crippen LogP contribution in [-0.4, -0.2) is 34.9 Å². The van der Waals surface area contributed by atoms with E-state index in [9.17, 15) is 15.0 Å². The maximum absolute atomic E-state index is 12.4. The van der Waals surface area contributed by atoms with Crippen LogP contribution in [0.25, 0.3) is 0 Å². The van der Waals surface area contributed by atoms with Gasteiger partial charge in [-0.05, 0) is 70.6 Å². The highest BCUT2D eigenvalue weighted by atomic mass is 16.3. The minimum Gasteiger partial charge on any atom is -0.394 e. The summed E-state index contributed by atoms with van der Waals surface area (Å²) in [7, 11) is 0. The molecule has 0 aliphatic carbocycles. The predicted molar refractivity (Wildman–Crippen MR) is 271 cm³/mol. The summed E-state index contributed by atoms with van der Waals surface area (Å²) in [6.07, 6.45) is 76.0. The van der Waals surface area contributed by atoms with Gasteiger partial charge in [0.1, 0.15) is 0 Å². The molecular formula is C57H101NO3. The molecule has 0 rings (SSSR count).